The van der Waals surface area contributed by atoms with Crippen molar-refractivity contribution in [2.24, 2.45) is 5.73 Å². The number of aromatic nitrogens is 2. The molecule has 0 unspecified atom stereocenters. The Hall–Kier alpha value is -3.74. The first kappa shape index (κ1) is 26.9. The topological polar surface area (TPSA) is 70.9 Å². The Labute approximate surface area is 224 Å². The van der Waals surface area contributed by atoms with Crippen molar-refractivity contribution in [1.82, 2.24) is 14.5 Å². The number of aryl methyl sites for hydroxylation is 3. The maximum absolute atomic E-state index is 14.9. The number of benzene rings is 2. The summed E-state index contributed by atoms with van der Waals surface area (Å²) in [6, 6.07) is 11.9. The highest BCUT2D eigenvalue weighted by Gasteiger charge is 2.32. The number of nitriles is 1. The molecule has 1 fully saturated rings. The highest BCUT2D eigenvalue weighted by atomic mass is 19.4. The van der Waals surface area contributed by atoms with E-state index in [1.54, 1.807) is 12.1 Å². The smallest absolute Gasteiger partial charge is 0.333 e. The lowest BCUT2D eigenvalue weighted by Crippen LogP contribution is -2.28. The molecule has 5 rings (SSSR count). The molecule has 1 aliphatic heterocycles. The molecule has 0 bridgehead atoms. The number of nitrogens with two attached hydrogens (primary N) is 1. The van der Waals surface area contributed by atoms with Gasteiger partial charge in [-0.2, -0.15) is 18.4 Å². The van der Waals surface area contributed by atoms with Crippen molar-refractivity contribution in [2.75, 3.05) is 13.1 Å². The summed E-state index contributed by atoms with van der Waals surface area (Å²) >= 11 is 0. The van der Waals surface area contributed by atoms with Gasteiger partial charge in [0.15, 0.2) is 0 Å². The summed E-state index contributed by atoms with van der Waals surface area (Å²) in [4.78, 5) is 6.75. The molecular formula is C30H29F4N5. The maximum atomic E-state index is 14.9. The molecule has 202 valence electrons. The average Bonchev–Trinajstić information content (AvgIpc) is 3.42. The molecule has 0 spiro atoms. The van der Waals surface area contributed by atoms with E-state index in [2.05, 4.69) is 4.90 Å². The zero-order chi connectivity index (χ0) is 28.1. The van der Waals surface area contributed by atoms with E-state index >= 15 is 0 Å². The number of pyridine rings is 1. The molecule has 0 saturated carbocycles. The van der Waals surface area contributed by atoms with Crippen molar-refractivity contribution in [3.8, 4) is 28.5 Å². The SMILES string of the molecule is Cc1cc(C)c(-c2ncc3c(cc(CN4CC[C@H](N)C4)n3CC(F)(F)F)c2-c2ccc(C#N)c(F)c2)cc1C. The molecule has 39 heavy (non-hydrogen) atoms. The maximum Gasteiger partial charge on any atom is 0.406 e. The number of hydrogen-bond donors (Lipinski definition) is 1. The van der Waals surface area contributed by atoms with Gasteiger partial charge in [-0.3, -0.25) is 9.88 Å². The number of rotatable bonds is 5. The third-order valence-electron chi connectivity index (χ3n) is 7.55. The van der Waals surface area contributed by atoms with Gasteiger partial charge >= 0.3 is 6.18 Å². The van der Waals surface area contributed by atoms with E-state index < -0.39 is 18.5 Å². The molecule has 3 heterocycles. The van der Waals surface area contributed by atoms with Gasteiger partial charge in [-0.1, -0.05) is 12.1 Å². The van der Waals surface area contributed by atoms with Crippen molar-refractivity contribution in [3.05, 3.63) is 76.4 Å². The molecule has 0 radical (unpaired) electrons. The van der Waals surface area contributed by atoms with E-state index in [4.69, 9.17) is 10.7 Å². The Kier molecular flexibility index (Phi) is 6.95. The average molecular weight is 536 g/mol. The van der Waals surface area contributed by atoms with Gasteiger partial charge in [0.1, 0.15) is 18.4 Å². The first-order chi connectivity index (χ1) is 18.4. The summed E-state index contributed by atoms with van der Waals surface area (Å²) in [7, 11) is 0. The van der Waals surface area contributed by atoms with E-state index in [0.717, 1.165) is 28.7 Å². The molecule has 1 aliphatic rings. The second-order valence-corrected chi connectivity index (χ2v) is 10.5. The first-order valence-electron chi connectivity index (χ1n) is 12.8. The van der Waals surface area contributed by atoms with Crippen LogP contribution >= 0.6 is 0 Å². The Morgan fingerprint density at radius 3 is 2.46 bits per heavy atom. The third kappa shape index (κ3) is 5.27. The van der Waals surface area contributed by atoms with E-state index in [9.17, 15) is 22.8 Å². The predicted molar refractivity (Wildman–Crippen MR) is 143 cm³/mol. The van der Waals surface area contributed by atoms with E-state index in [1.807, 2.05) is 39.0 Å². The number of fused-ring (bicyclic) bond motifs is 1. The van der Waals surface area contributed by atoms with Crippen molar-refractivity contribution in [3.63, 3.8) is 0 Å². The van der Waals surface area contributed by atoms with Crippen LogP contribution in [0.1, 0.15) is 34.4 Å². The molecule has 1 atom stereocenters. The van der Waals surface area contributed by atoms with Crippen LogP contribution in [0.25, 0.3) is 33.3 Å². The Morgan fingerprint density at radius 1 is 1.08 bits per heavy atom. The summed E-state index contributed by atoms with van der Waals surface area (Å²) < 4.78 is 57.5. The second kappa shape index (κ2) is 10.1. The fourth-order valence-corrected chi connectivity index (χ4v) is 5.48. The van der Waals surface area contributed by atoms with E-state index in [0.29, 0.717) is 53.1 Å². The quantitative estimate of drug-likeness (QED) is 0.300. The lowest BCUT2D eigenvalue weighted by molar-refractivity contribution is -0.140. The number of hydrogen-bond acceptors (Lipinski definition) is 4. The van der Waals surface area contributed by atoms with Crippen LogP contribution in [0.4, 0.5) is 17.6 Å². The standard InChI is InChI=1S/C30H29F4N5/c1-17-8-19(3)24(9-18(17)2)29-28(20-4-5-21(12-35)26(31)10-20)25-11-23(15-38-7-6-22(36)14-38)39(16-30(32,33)34)27(25)13-37-29/h4-5,8-11,13,22H,6-7,14-16,36H2,1-3H3/t22-/m0/s1. The minimum Gasteiger partial charge on any atom is -0.333 e. The van der Waals surface area contributed by atoms with Crippen LogP contribution in [0, 0.1) is 37.9 Å². The van der Waals surface area contributed by atoms with Gasteiger partial charge in [0.2, 0.25) is 0 Å². The molecule has 2 aromatic heterocycles. The molecule has 1 saturated heterocycles. The zero-order valence-electron chi connectivity index (χ0n) is 22.0. The number of nitrogens with zero attached hydrogens (tertiary/aromatic N) is 4. The second-order valence-electron chi connectivity index (χ2n) is 10.5. The summed E-state index contributed by atoms with van der Waals surface area (Å²) in [6.07, 6.45) is -2.19. The van der Waals surface area contributed by atoms with Crippen LogP contribution in [0.3, 0.4) is 0 Å². The summed E-state index contributed by atoms with van der Waals surface area (Å²) in [5.41, 5.74) is 12.2. The van der Waals surface area contributed by atoms with Crippen LogP contribution in [0.15, 0.2) is 42.6 Å². The minimum absolute atomic E-state index is 0.0105. The van der Waals surface area contributed by atoms with Gasteiger partial charge in [0, 0.05) is 47.9 Å². The number of likely N-dealkylation sites (tertiary alicyclic amines) is 1. The van der Waals surface area contributed by atoms with Gasteiger partial charge < -0.3 is 10.3 Å². The normalized spacial score (nSPS) is 16.2. The van der Waals surface area contributed by atoms with Crippen LogP contribution in [0.5, 0.6) is 0 Å². The van der Waals surface area contributed by atoms with E-state index in [1.165, 1.54) is 22.9 Å². The number of halogens is 4. The highest BCUT2D eigenvalue weighted by Crippen LogP contribution is 2.41. The summed E-state index contributed by atoms with van der Waals surface area (Å²) in [5, 5.41) is 9.80. The molecule has 2 N–H and O–H groups in total. The van der Waals surface area contributed by atoms with Gasteiger partial charge in [-0.25, -0.2) is 4.39 Å². The molecule has 9 heteroatoms. The summed E-state index contributed by atoms with van der Waals surface area (Å²) in [6.45, 7) is 6.38. The molecule has 0 aliphatic carbocycles. The monoisotopic (exact) mass is 535 g/mol. The molecular weight excluding hydrogens is 506 g/mol. The Morgan fingerprint density at radius 2 is 1.82 bits per heavy atom. The van der Waals surface area contributed by atoms with Crippen LogP contribution < -0.4 is 5.73 Å². The zero-order valence-corrected chi connectivity index (χ0v) is 22.0. The molecule has 5 nitrogen and oxygen atoms in total. The van der Waals surface area contributed by atoms with E-state index in [-0.39, 0.29) is 11.6 Å². The van der Waals surface area contributed by atoms with Gasteiger partial charge in [-0.15, -0.1) is 0 Å². The van der Waals surface area contributed by atoms with Crippen molar-refractivity contribution < 1.29 is 17.6 Å². The Bertz CT molecular complexity index is 1610. The van der Waals surface area contributed by atoms with Gasteiger partial charge in [0.05, 0.1) is 23.0 Å². The van der Waals surface area contributed by atoms with Crippen LogP contribution in [0.2, 0.25) is 0 Å². The lowest BCUT2D eigenvalue weighted by Gasteiger charge is -2.19. The van der Waals surface area contributed by atoms with Gasteiger partial charge in [0.25, 0.3) is 0 Å². The fraction of sp³-hybridized carbons (Fsp3) is 0.333. The molecule has 0 amide bonds. The molecule has 2 aromatic carbocycles. The predicted octanol–water partition coefficient (Wildman–Crippen LogP) is 6.40. The highest BCUT2D eigenvalue weighted by molar-refractivity contribution is 6.02. The largest absolute Gasteiger partial charge is 0.406 e. The first-order valence-corrected chi connectivity index (χ1v) is 12.8. The lowest BCUT2D eigenvalue weighted by atomic mass is 9.91. The number of alkyl halides is 3. The summed E-state index contributed by atoms with van der Waals surface area (Å²) in [5.74, 6) is -0.698. The van der Waals surface area contributed by atoms with Crippen molar-refractivity contribution >= 4 is 10.9 Å². The molecule has 4 aromatic rings. The third-order valence-corrected chi connectivity index (χ3v) is 7.55. The van der Waals surface area contributed by atoms with Crippen LogP contribution in [-0.4, -0.2) is 39.8 Å². The van der Waals surface area contributed by atoms with Crippen molar-refractivity contribution in [1.29, 1.82) is 5.26 Å². The Balaban J connectivity index is 1.81. The van der Waals surface area contributed by atoms with Crippen LogP contribution in [-0.2, 0) is 13.1 Å². The van der Waals surface area contributed by atoms with Crippen molar-refractivity contribution in [2.45, 2.75) is 52.5 Å². The fourth-order valence-electron chi connectivity index (χ4n) is 5.48. The minimum atomic E-state index is -4.45. The van der Waals surface area contributed by atoms with Gasteiger partial charge in [-0.05, 0) is 73.7 Å².